The Morgan fingerprint density at radius 3 is 3.08 bits per heavy atom. The molecule has 2 aromatic rings. The van der Waals surface area contributed by atoms with Crippen LogP contribution in [0.3, 0.4) is 0 Å². The van der Waals surface area contributed by atoms with Gasteiger partial charge in [-0.15, -0.1) is 0 Å². The number of aryl methyl sites for hydroxylation is 1. The van der Waals surface area contributed by atoms with Crippen LogP contribution in [0.5, 0.6) is 0 Å². The van der Waals surface area contributed by atoms with Gasteiger partial charge in [-0.1, -0.05) is 0 Å². The number of aromatic nitrogens is 3. The van der Waals surface area contributed by atoms with Crippen LogP contribution < -0.4 is 5.73 Å². The summed E-state index contributed by atoms with van der Waals surface area (Å²) < 4.78 is 1.84. The molecular formula is C8H10N4. The third kappa shape index (κ3) is 0.967. The van der Waals surface area contributed by atoms with Gasteiger partial charge in [0, 0.05) is 5.69 Å². The van der Waals surface area contributed by atoms with Crippen LogP contribution in [-0.2, 0) is 6.54 Å². The van der Waals surface area contributed by atoms with Crippen LogP contribution in [0.4, 0.5) is 0 Å². The molecule has 0 saturated carbocycles. The molecular weight excluding hydrogens is 152 g/mol. The van der Waals surface area contributed by atoms with Gasteiger partial charge in [-0.3, -0.25) is 0 Å². The minimum atomic E-state index is 0.382. The van der Waals surface area contributed by atoms with Gasteiger partial charge >= 0.3 is 0 Å². The molecule has 12 heavy (non-hydrogen) atoms. The third-order valence-electron chi connectivity index (χ3n) is 1.82. The molecule has 0 radical (unpaired) electrons. The molecule has 2 rings (SSSR count). The van der Waals surface area contributed by atoms with Gasteiger partial charge in [0.1, 0.15) is 0 Å². The fraction of sp³-hybridized carbons (Fsp3) is 0.250. The van der Waals surface area contributed by atoms with Crippen LogP contribution in [-0.4, -0.2) is 14.6 Å². The summed E-state index contributed by atoms with van der Waals surface area (Å²) in [5.41, 5.74) is 7.52. The molecule has 0 amide bonds. The maximum atomic E-state index is 5.42. The van der Waals surface area contributed by atoms with Crippen molar-refractivity contribution in [2.45, 2.75) is 13.5 Å². The Balaban J connectivity index is 2.71. The van der Waals surface area contributed by atoms with Gasteiger partial charge < -0.3 is 5.73 Å². The average Bonchev–Trinajstić information content (AvgIpc) is 2.47. The van der Waals surface area contributed by atoms with Crippen LogP contribution in [0.2, 0.25) is 0 Å². The van der Waals surface area contributed by atoms with Gasteiger partial charge in [-0.25, -0.2) is 9.50 Å². The molecule has 0 bridgehead atoms. The van der Waals surface area contributed by atoms with Crippen LogP contribution in [0.15, 0.2) is 18.3 Å². The SMILES string of the molecule is Cc1ccc2cnc(CN)nn12. The van der Waals surface area contributed by atoms with Crippen molar-refractivity contribution >= 4 is 5.52 Å². The van der Waals surface area contributed by atoms with Crippen molar-refractivity contribution in [1.82, 2.24) is 14.6 Å². The van der Waals surface area contributed by atoms with Crippen molar-refractivity contribution in [3.63, 3.8) is 0 Å². The summed E-state index contributed by atoms with van der Waals surface area (Å²) in [6, 6.07) is 3.99. The monoisotopic (exact) mass is 162 g/mol. The molecule has 0 aliphatic carbocycles. The van der Waals surface area contributed by atoms with Gasteiger partial charge in [0.05, 0.1) is 18.3 Å². The minimum Gasteiger partial charge on any atom is -0.324 e. The van der Waals surface area contributed by atoms with Crippen LogP contribution in [0, 0.1) is 6.92 Å². The lowest BCUT2D eigenvalue weighted by molar-refractivity contribution is 0.784. The van der Waals surface area contributed by atoms with E-state index in [9.17, 15) is 0 Å². The quantitative estimate of drug-likeness (QED) is 0.664. The highest BCUT2D eigenvalue weighted by molar-refractivity contribution is 5.45. The highest BCUT2D eigenvalue weighted by atomic mass is 15.3. The van der Waals surface area contributed by atoms with Gasteiger partial charge in [-0.2, -0.15) is 5.10 Å². The highest BCUT2D eigenvalue weighted by Gasteiger charge is 1.99. The Hall–Kier alpha value is -1.42. The van der Waals surface area contributed by atoms with Crippen molar-refractivity contribution in [1.29, 1.82) is 0 Å². The highest BCUT2D eigenvalue weighted by Crippen LogP contribution is 2.05. The van der Waals surface area contributed by atoms with Gasteiger partial charge in [-0.05, 0) is 19.1 Å². The Morgan fingerprint density at radius 2 is 2.33 bits per heavy atom. The van der Waals surface area contributed by atoms with Crippen molar-refractivity contribution in [3.05, 3.63) is 29.8 Å². The molecule has 0 saturated heterocycles. The minimum absolute atomic E-state index is 0.382. The van der Waals surface area contributed by atoms with E-state index in [1.165, 1.54) is 0 Å². The van der Waals surface area contributed by atoms with Crippen LogP contribution in [0.25, 0.3) is 5.52 Å². The molecule has 4 heteroatoms. The zero-order valence-corrected chi connectivity index (χ0v) is 6.86. The van der Waals surface area contributed by atoms with E-state index in [1.54, 1.807) is 6.20 Å². The fourth-order valence-corrected chi connectivity index (χ4v) is 1.16. The second-order valence-electron chi connectivity index (χ2n) is 2.69. The smallest absolute Gasteiger partial charge is 0.162 e. The van der Waals surface area contributed by atoms with E-state index in [1.807, 2.05) is 23.6 Å². The molecule has 0 aromatic carbocycles. The summed E-state index contributed by atoms with van der Waals surface area (Å²) in [7, 11) is 0. The van der Waals surface area contributed by atoms with Crippen molar-refractivity contribution in [3.8, 4) is 0 Å². The zero-order chi connectivity index (χ0) is 8.55. The first-order chi connectivity index (χ1) is 5.81. The number of nitrogens with zero attached hydrogens (tertiary/aromatic N) is 3. The Kier molecular flexibility index (Phi) is 1.55. The first-order valence-electron chi connectivity index (χ1n) is 3.81. The summed E-state index contributed by atoms with van der Waals surface area (Å²) in [5.74, 6) is 0.668. The van der Waals surface area contributed by atoms with E-state index in [0.717, 1.165) is 11.2 Å². The van der Waals surface area contributed by atoms with E-state index in [-0.39, 0.29) is 0 Å². The zero-order valence-electron chi connectivity index (χ0n) is 6.86. The number of nitrogens with two attached hydrogens (primary N) is 1. The van der Waals surface area contributed by atoms with E-state index >= 15 is 0 Å². The Bertz CT molecular complexity index is 404. The summed E-state index contributed by atoms with van der Waals surface area (Å²) in [6.45, 7) is 2.38. The summed E-state index contributed by atoms with van der Waals surface area (Å²) in [6.07, 6.45) is 1.78. The summed E-state index contributed by atoms with van der Waals surface area (Å²) in [5, 5.41) is 4.23. The standard InChI is InChI=1S/C8H10N4/c1-6-2-3-7-5-10-8(4-9)11-12(6)7/h2-3,5H,4,9H2,1H3. The lowest BCUT2D eigenvalue weighted by Gasteiger charge is -1.98. The third-order valence-corrected chi connectivity index (χ3v) is 1.82. The molecule has 0 spiro atoms. The molecule has 0 aliphatic rings. The first-order valence-corrected chi connectivity index (χ1v) is 3.81. The lowest BCUT2D eigenvalue weighted by atomic mass is 10.5. The number of rotatable bonds is 1. The van der Waals surface area contributed by atoms with E-state index in [2.05, 4.69) is 10.1 Å². The molecule has 2 heterocycles. The fourth-order valence-electron chi connectivity index (χ4n) is 1.16. The summed E-state index contributed by atoms with van der Waals surface area (Å²) in [4.78, 5) is 4.08. The second kappa shape index (κ2) is 2.57. The van der Waals surface area contributed by atoms with Crippen LogP contribution >= 0.6 is 0 Å². The number of hydrogen-bond acceptors (Lipinski definition) is 3. The first kappa shape index (κ1) is 7.24. The molecule has 2 N–H and O–H groups in total. The largest absolute Gasteiger partial charge is 0.324 e. The number of hydrogen-bond donors (Lipinski definition) is 1. The molecule has 62 valence electrons. The Labute approximate surface area is 70.0 Å². The second-order valence-corrected chi connectivity index (χ2v) is 2.69. The van der Waals surface area contributed by atoms with Crippen molar-refractivity contribution < 1.29 is 0 Å². The van der Waals surface area contributed by atoms with Gasteiger partial charge in [0.15, 0.2) is 5.82 Å². The maximum absolute atomic E-state index is 5.42. The maximum Gasteiger partial charge on any atom is 0.162 e. The van der Waals surface area contributed by atoms with E-state index < -0.39 is 0 Å². The molecule has 0 fully saturated rings. The van der Waals surface area contributed by atoms with Crippen molar-refractivity contribution in [2.24, 2.45) is 5.73 Å². The van der Waals surface area contributed by atoms with Gasteiger partial charge in [0.25, 0.3) is 0 Å². The van der Waals surface area contributed by atoms with E-state index in [4.69, 9.17) is 5.73 Å². The predicted octanol–water partition coefficient (Wildman–Crippen LogP) is 0.496. The topological polar surface area (TPSA) is 56.2 Å². The van der Waals surface area contributed by atoms with Crippen LogP contribution in [0.1, 0.15) is 11.5 Å². The normalized spacial score (nSPS) is 10.8. The summed E-state index contributed by atoms with van der Waals surface area (Å²) >= 11 is 0. The molecule has 0 unspecified atom stereocenters. The molecule has 4 nitrogen and oxygen atoms in total. The number of fused-ring (bicyclic) bond motifs is 1. The van der Waals surface area contributed by atoms with Gasteiger partial charge in [0.2, 0.25) is 0 Å². The molecule has 0 aliphatic heterocycles. The average molecular weight is 162 g/mol. The van der Waals surface area contributed by atoms with Crippen molar-refractivity contribution in [2.75, 3.05) is 0 Å². The molecule has 0 atom stereocenters. The predicted molar refractivity (Wildman–Crippen MR) is 45.6 cm³/mol. The molecule has 2 aromatic heterocycles. The lowest BCUT2D eigenvalue weighted by Crippen LogP contribution is -2.06. The Morgan fingerprint density at radius 1 is 1.50 bits per heavy atom. The van der Waals surface area contributed by atoms with E-state index in [0.29, 0.717) is 12.4 Å².